The number of hydrogen-bond acceptors (Lipinski definition) is 5. The first kappa shape index (κ1) is 21.6. The number of benzene rings is 2. The molecule has 1 N–H and O–H groups in total. The Morgan fingerprint density at radius 1 is 1.10 bits per heavy atom. The highest BCUT2D eigenvalue weighted by atomic mass is 16.5. The topological polar surface area (TPSA) is 77.2 Å². The summed E-state index contributed by atoms with van der Waals surface area (Å²) in [6, 6.07) is 15.7. The second-order valence-electron chi connectivity index (χ2n) is 8.38. The number of aromatic nitrogens is 2. The Balaban J connectivity index is 1.57. The first-order valence-electron chi connectivity index (χ1n) is 10.2. The maximum absolute atomic E-state index is 12.6. The molecule has 6 heteroatoms. The molecule has 3 rings (SSSR count). The Bertz CT molecular complexity index is 970. The largest absolute Gasteiger partial charge is 0.481 e. The zero-order valence-electron chi connectivity index (χ0n) is 18.2. The van der Waals surface area contributed by atoms with Crippen molar-refractivity contribution in [3.05, 3.63) is 65.5 Å². The van der Waals surface area contributed by atoms with Gasteiger partial charge in [0.1, 0.15) is 5.75 Å². The Morgan fingerprint density at radius 3 is 2.37 bits per heavy atom. The zero-order valence-corrected chi connectivity index (χ0v) is 18.2. The maximum atomic E-state index is 12.6. The highest BCUT2D eigenvalue weighted by Gasteiger charge is 2.20. The van der Waals surface area contributed by atoms with Gasteiger partial charge in [-0.25, -0.2) is 0 Å². The predicted molar refractivity (Wildman–Crippen MR) is 116 cm³/mol. The minimum Gasteiger partial charge on any atom is -0.481 e. The van der Waals surface area contributed by atoms with E-state index in [1.54, 1.807) is 0 Å². The second-order valence-corrected chi connectivity index (χ2v) is 8.38. The lowest BCUT2D eigenvalue weighted by Gasteiger charge is -2.20. The van der Waals surface area contributed by atoms with Gasteiger partial charge in [-0.1, -0.05) is 74.8 Å². The van der Waals surface area contributed by atoms with E-state index in [1.807, 2.05) is 62.4 Å². The summed E-state index contributed by atoms with van der Waals surface area (Å²) in [4.78, 5) is 16.9. The zero-order chi connectivity index (χ0) is 21.7. The van der Waals surface area contributed by atoms with Crippen LogP contribution in [0, 0.1) is 6.92 Å². The fourth-order valence-electron chi connectivity index (χ4n) is 2.94. The van der Waals surface area contributed by atoms with Gasteiger partial charge < -0.3 is 14.6 Å². The predicted octanol–water partition coefficient (Wildman–Crippen LogP) is 4.82. The summed E-state index contributed by atoms with van der Waals surface area (Å²) in [5.74, 6) is 1.31. The fourth-order valence-corrected chi connectivity index (χ4v) is 2.94. The summed E-state index contributed by atoms with van der Waals surface area (Å²) in [5, 5.41) is 6.81. The van der Waals surface area contributed by atoms with E-state index < -0.39 is 6.10 Å². The van der Waals surface area contributed by atoms with Crippen molar-refractivity contribution < 1.29 is 14.1 Å². The molecule has 0 spiro atoms. The van der Waals surface area contributed by atoms with Crippen molar-refractivity contribution in [1.82, 2.24) is 15.5 Å². The van der Waals surface area contributed by atoms with E-state index in [0.29, 0.717) is 23.9 Å². The van der Waals surface area contributed by atoms with Crippen LogP contribution in [0.15, 0.2) is 53.1 Å². The van der Waals surface area contributed by atoms with Crippen molar-refractivity contribution in [2.75, 3.05) is 0 Å². The molecular formula is C24H29N3O3. The summed E-state index contributed by atoms with van der Waals surface area (Å²) >= 11 is 0. The molecule has 6 nitrogen and oxygen atoms in total. The SMILES string of the molecule is CCC(Oc1ccc(C(C)(C)C)cc1)C(=O)NCc1nc(-c2ccc(C)cc2)no1. The molecule has 2 aromatic carbocycles. The first-order valence-corrected chi connectivity index (χ1v) is 10.2. The van der Waals surface area contributed by atoms with Gasteiger partial charge in [0.15, 0.2) is 6.10 Å². The van der Waals surface area contributed by atoms with Crippen LogP contribution in [0.25, 0.3) is 11.4 Å². The number of nitrogens with one attached hydrogen (secondary N) is 1. The minimum atomic E-state index is -0.593. The lowest BCUT2D eigenvalue weighted by molar-refractivity contribution is -0.128. The number of rotatable bonds is 7. The first-order chi connectivity index (χ1) is 14.3. The molecule has 0 aliphatic heterocycles. The van der Waals surface area contributed by atoms with E-state index in [2.05, 4.69) is 36.2 Å². The van der Waals surface area contributed by atoms with Crippen molar-refractivity contribution in [2.24, 2.45) is 0 Å². The fraction of sp³-hybridized carbons (Fsp3) is 0.375. The summed E-state index contributed by atoms with van der Waals surface area (Å²) in [6.07, 6.45) is -0.0457. The van der Waals surface area contributed by atoms with Gasteiger partial charge in [0.05, 0.1) is 6.54 Å². The number of aryl methyl sites for hydroxylation is 1. The van der Waals surface area contributed by atoms with Crippen molar-refractivity contribution in [3.63, 3.8) is 0 Å². The Hall–Kier alpha value is -3.15. The highest BCUT2D eigenvalue weighted by Crippen LogP contribution is 2.25. The van der Waals surface area contributed by atoms with Crippen LogP contribution in [-0.4, -0.2) is 22.2 Å². The van der Waals surface area contributed by atoms with Gasteiger partial charge in [-0.2, -0.15) is 4.98 Å². The molecule has 3 aromatic rings. The van der Waals surface area contributed by atoms with Gasteiger partial charge in [0, 0.05) is 5.56 Å². The number of carbonyl (C=O) groups is 1. The van der Waals surface area contributed by atoms with Crippen LogP contribution in [0.3, 0.4) is 0 Å². The molecule has 0 bridgehead atoms. The molecule has 1 atom stereocenters. The Morgan fingerprint density at radius 2 is 1.77 bits per heavy atom. The smallest absolute Gasteiger partial charge is 0.261 e. The number of amides is 1. The maximum Gasteiger partial charge on any atom is 0.261 e. The summed E-state index contributed by atoms with van der Waals surface area (Å²) in [6.45, 7) is 10.6. The molecule has 1 heterocycles. The van der Waals surface area contributed by atoms with Crippen molar-refractivity contribution in [3.8, 4) is 17.1 Å². The molecule has 1 aromatic heterocycles. The van der Waals surface area contributed by atoms with Crippen LogP contribution >= 0.6 is 0 Å². The van der Waals surface area contributed by atoms with Gasteiger partial charge in [0.2, 0.25) is 11.7 Å². The molecule has 0 saturated heterocycles. The van der Waals surface area contributed by atoms with Crippen molar-refractivity contribution >= 4 is 5.91 Å². The van der Waals surface area contributed by atoms with E-state index in [1.165, 1.54) is 5.56 Å². The molecule has 158 valence electrons. The van der Waals surface area contributed by atoms with Gasteiger partial charge in [-0.05, 0) is 36.5 Å². The molecular weight excluding hydrogens is 378 g/mol. The van der Waals surface area contributed by atoms with E-state index in [-0.39, 0.29) is 17.9 Å². The van der Waals surface area contributed by atoms with E-state index in [0.717, 1.165) is 11.1 Å². The molecule has 0 saturated carbocycles. The highest BCUT2D eigenvalue weighted by molar-refractivity contribution is 5.81. The van der Waals surface area contributed by atoms with E-state index >= 15 is 0 Å². The molecule has 1 amide bonds. The standard InChI is InChI=1S/C24H29N3O3/c1-6-20(29-19-13-11-18(12-14-19)24(3,4)5)23(28)25-15-21-26-22(27-30-21)17-9-7-16(2)8-10-17/h7-14,20H,6,15H2,1-5H3,(H,25,28). The molecule has 0 radical (unpaired) electrons. The number of carbonyl (C=O) groups excluding carboxylic acids is 1. The Labute approximate surface area is 177 Å². The van der Waals surface area contributed by atoms with Crippen LogP contribution in [0.5, 0.6) is 5.75 Å². The van der Waals surface area contributed by atoms with Crippen LogP contribution in [-0.2, 0) is 16.8 Å². The average Bonchev–Trinajstić information content (AvgIpc) is 3.19. The molecule has 30 heavy (non-hydrogen) atoms. The van der Waals surface area contributed by atoms with Crippen LogP contribution < -0.4 is 10.1 Å². The lowest BCUT2D eigenvalue weighted by Crippen LogP contribution is -2.37. The molecule has 0 aliphatic carbocycles. The molecule has 0 aliphatic rings. The third-order valence-electron chi connectivity index (χ3n) is 4.85. The lowest BCUT2D eigenvalue weighted by atomic mass is 9.87. The summed E-state index contributed by atoms with van der Waals surface area (Å²) in [7, 11) is 0. The quantitative estimate of drug-likeness (QED) is 0.608. The van der Waals surface area contributed by atoms with Crippen LogP contribution in [0.4, 0.5) is 0 Å². The van der Waals surface area contributed by atoms with Gasteiger partial charge in [-0.15, -0.1) is 0 Å². The molecule has 0 fully saturated rings. The second kappa shape index (κ2) is 9.11. The monoisotopic (exact) mass is 407 g/mol. The number of hydrogen-bond donors (Lipinski definition) is 1. The molecule has 1 unspecified atom stereocenters. The minimum absolute atomic E-state index is 0.0710. The van der Waals surface area contributed by atoms with Crippen LogP contribution in [0.2, 0.25) is 0 Å². The van der Waals surface area contributed by atoms with Gasteiger partial charge in [-0.3, -0.25) is 4.79 Å². The number of nitrogens with zero attached hydrogens (tertiary/aromatic N) is 2. The number of ether oxygens (including phenoxy) is 1. The third-order valence-corrected chi connectivity index (χ3v) is 4.85. The summed E-state index contributed by atoms with van der Waals surface area (Å²) < 4.78 is 11.1. The normalized spacial score (nSPS) is 12.4. The van der Waals surface area contributed by atoms with E-state index in [9.17, 15) is 4.79 Å². The van der Waals surface area contributed by atoms with Crippen molar-refractivity contribution in [1.29, 1.82) is 0 Å². The van der Waals surface area contributed by atoms with Crippen LogP contribution in [0.1, 0.15) is 51.1 Å². The summed E-state index contributed by atoms with van der Waals surface area (Å²) in [5.41, 5.74) is 3.32. The third kappa shape index (κ3) is 5.47. The van der Waals surface area contributed by atoms with Gasteiger partial charge >= 0.3 is 0 Å². The van der Waals surface area contributed by atoms with Crippen molar-refractivity contribution in [2.45, 2.75) is 59.1 Å². The van der Waals surface area contributed by atoms with Gasteiger partial charge in [0.25, 0.3) is 5.91 Å². The Kier molecular flexibility index (Phi) is 6.55. The average molecular weight is 408 g/mol. The van der Waals surface area contributed by atoms with E-state index in [4.69, 9.17) is 9.26 Å².